The maximum absolute atomic E-state index is 11.4. The maximum Gasteiger partial charge on any atom is 0.325 e. The lowest BCUT2D eigenvalue weighted by Gasteiger charge is -2.18. The van der Waals surface area contributed by atoms with Crippen LogP contribution in [-0.4, -0.2) is 45.5 Å². The summed E-state index contributed by atoms with van der Waals surface area (Å²) in [6.45, 7) is 0.416. The van der Waals surface area contributed by atoms with Gasteiger partial charge in [-0.25, -0.2) is 0 Å². The number of hydrogen-bond donors (Lipinski definition) is 6. The highest BCUT2D eigenvalue weighted by Crippen LogP contribution is 2.18. The summed E-state index contributed by atoms with van der Waals surface area (Å²) >= 11 is 0. The lowest BCUT2D eigenvalue weighted by atomic mass is 10.1. The Morgan fingerprint density at radius 1 is 0.692 bits per heavy atom. The van der Waals surface area contributed by atoms with Gasteiger partial charge in [0, 0.05) is 13.1 Å². The second-order valence-corrected chi connectivity index (χ2v) is 5.63. The summed E-state index contributed by atoms with van der Waals surface area (Å²) in [4.78, 5) is 22.8. The first kappa shape index (κ1) is 19.2. The standard InChI is InChI=1S/C18H20N2O6/c21-13-5-1-11(2-6-13)15(17(23)24)19-9-10-20-16(18(25)26)12-3-7-14(22)8-4-12/h1-8,15-16,19-22H,9-10H2,(H,23,24)(H,25,26)/t15-,16-/m0/s1. The smallest absolute Gasteiger partial charge is 0.325 e. The molecule has 0 spiro atoms. The van der Waals surface area contributed by atoms with E-state index >= 15 is 0 Å². The predicted octanol–water partition coefficient (Wildman–Crippen LogP) is 1.23. The minimum absolute atomic E-state index is 0.0396. The van der Waals surface area contributed by atoms with Gasteiger partial charge in [-0.05, 0) is 35.4 Å². The number of benzene rings is 2. The van der Waals surface area contributed by atoms with Gasteiger partial charge in [-0.15, -0.1) is 0 Å². The van der Waals surface area contributed by atoms with E-state index in [1.807, 2.05) is 0 Å². The quantitative estimate of drug-likeness (QED) is 0.367. The second-order valence-electron chi connectivity index (χ2n) is 5.63. The van der Waals surface area contributed by atoms with Gasteiger partial charge in [0.25, 0.3) is 0 Å². The zero-order valence-corrected chi connectivity index (χ0v) is 13.8. The molecule has 0 bridgehead atoms. The van der Waals surface area contributed by atoms with Gasteiger partial charge in [0.05, 0.1) is 0 Å². The Hall–Kier alpha value is -3.10. The number of hydrogen-bond acceptors (Lipinski definition) is 6. The first-order chi connectivity index (χ1) is 12.4. The van der Waals surface area contributed by atoms with Crippen molar-refractivity contribution in [1.29, 1.82) is 0 Å². The second kappa shape index (κ2) is 8.84. The summed E-state index contributed by atoms with van der Waals surface area (Å²) in [6, 6.07) is 9.66. The van der Waals surface area contributed by atoms with Gasteiger partial charge in [0.1, 0.15) is 23.6 Å². The molecule has 0 heterocycles. The molecular formula is C18H20N2O6. The molecule has 0 aliphatic carbocycles. The Morgan fingerprint density at radius 2 is 1.00 bits per heavy atom. The topological polar surface area (TPSA) is 139 Å². The SMILES string of the molecule is O=C(O)[C@@H](NCCN[C@H](C(=O)O)c1ccc(O)cc1)c1ccc(O)cc1. The third-order valence-corrected chi connectivity index (χ3v) is 3.77. The van der Waals surface area contributed by atoms with Crippen LogP contribution in [0.15, 0.2) is 48.5 Å². The minimum Gasteiger partial charge on any atom is -0.508 e. The number of phenols is 2. The van der Waals surface area contributed by atoms with Gasteiger partial charge in [0.15, 0.2) is 0 Å². The lowest BCUT2D eigenvalue weighted by Crippen LogP contribution is -2.37. The van der Waals surface area contributed by atoms with E-state index in [2.05, 4.69) is 10.6 Å². The molecule has 0 amide bonds. The summed E-state index contributed by atoms with van der Waals surface area (Å²) in [6.07, 6.45) is 0. The van der Waals surface area contributed by atoms with E-state index in [9.17, 15) is 30.0 Å². The summed E-state index contributed by atoms with van der Waals surface area (Å²) in [5.41, 5.74) is 0.951. The lowest BCUT2D eigenvalue weighted by molar-refractivity contribution is -0.141. The molecule has 0 fully saturated rings. The molecule has 2 aromatic carbocycles. The van der Waals surface area contributed by atoms with E-state index in [4.69, 9.17) is 0 Å². The van der Waals surface area contributed by atoms with Crippen LogP contribution in [0.4, 0.5) is 0 Å². The highest BCUT2D eigenvalue weighted by molar-refractivity contribution is 5.76. The molecule has 0 saturated carbocycles. The number of rotatable bonds is 9. The van der Waals surface area contributed by atoms with Crippen molar-refractivity contribution in [1.82, 2.24) is 10.6 Å². The van der Waals surface area contributed by atoms with Crippen molar-refractivity contribution in [3.63, 3.8) is 0 Å². The first-order valence-corrected chi connectivity index (χ1v) is 7.88. The van der Waals surface area contributed by atoms with Gasteiger partial charge in [-0.1, -0.05) is 24.3 Å². The van der Waals surface area contributed by atoms with Crippen molar-refractivity contribution in [2.45, 2.75) is 12.1 Å². The fourth-order valence-electron chi connectivity index (χ4n) is 2.46. The number of carbonyl (C=O) groups is 2. The maximum atomic E-state index is 11.4. The van der Waals surface area contributed by atoms with Crippen LogP contribution in [0.25, 0.3) is 0 Å². The van der Waals surface area contributed by atoms with Crippen LogP contribution in [-0.2, 0) is 9.59 Å². The van der Waals surface area contributed by atoms with Crippen LogP contribution in [0.1, 0.15) is 23.2 Å². The largest absolute Gasteiger partial charge is 0.508 e. The monoisotopic (exact) mass is 360 g/mol. The molecule has 0 aliphatic heterocycles. The number of carboxylic acids is 2. The molecular weight excluding hydrogens is 340 g/mol. The van der Waals surface area contributed by atoms with Gasteiger partial charge in [0.2, 0.25) is 0 Å². The zero-order chi connectivity index (χ0) is 19.1. The molecule has 138 valence electrons. The van der Waals surface area contributed by atoms with Crippen molar-refractivity contribution in [2.24, 2.45) is 0 Å². The highest BCUT2D eigenvalue weighted by atomic mass is 16.4. The van der Waals surface area contributed by atoms with Crippen LogP contribution in [0.5, 0.6) is 11.5 Å². The first-order valence-electron chi connectivity index (χ1n) is 7.88. The summed E-state index contributed by atoms with van der Waals surface area (Å²) in [5, 5.41) is 42.9. The molecule has 6 N–H and O–H groups in total. The van der Waals surface area contributed by atoms with E-state index in [0.717, 1.165) is 0 Å². The van der Waals surface area contributed by atoms with Crippen molar-refractivity contribution in [3.05, 3.63) is 59.7 Å². The Kier molecular flexibility index (Phi) is 6.54. The van der Waals surface area contributed by atoms with Crippen LogP contribution in [0, 0.1) is 0 Å². The molecule has 2 atom stereocenters. The third-order valence-electron chi connectivity index (χ3n) is 3.77. The summed E-state index contributed by atoms with van der Waals surface area (Å²) in [7, 11) is 0. The van der Waals surface area contributed by atoms with Gasteiger partial charge in [-0.2, -0.15) is 0 Å². The van der Waals surface area contributed by atoms with Crippen molar-refractivity contribution >= 4 is 11.9 Å². The van der Waals surface area contributed by atoms with Gasteiger partial charge >= 0.3 is 11.9 Å². The molecule has 0 saturated heterocycles. The zero-order valence-electron chi connectivity index (χ0n) is 13.8. The average molecular weight is 360 g/mol. The van der Waals surface area contributed by atoms with E-state index in [1.165, 1.54) is 48.5 Å². The van der Waals surface area contributed by atoms with Crippen molar-refractivity contribution in [3.8, 4) is 11.5 Å². The van der Waals surface area contributed by atoms with Crippen LogP contribution >= 0.6 is 0 Å². The Balaban J connectivity index is 1.93. The van der Waals surface area contributed by atoms with Crippen LogP contribution < -0.4 is 10.6 Å². The molecule has 8 heteroatoms. The van der Waals surface area contributed by atoms with E-state index < -0.39 is 24.0 Å². The van der Waals surface area contributed by atoms with Crippen molar-refractivity contribution < 1.29 is 30.0 Å². The fraction of sp³-hybridized carbons (Fsp3) is 0.222. The number of nitrogens with one attached hydrogen (secondary N) is 2. The Morgan fingerprint density at radius 3 is 1.27 bits per heavy atom. The molecule has 0 unspecified atom stereocenters. The average Bonchev–Trinajstić information content (AvgIpc) is 2.60. The number of aliphatic carboxylic acids is 2. The molecule has 8 nitrogen and oxygen atoms in total. The summed E-state index contributed by atoms with van der Waals surface area (Å²) in [5.74, 6) is -2.08. The van der Waals surface area contributed by atoms with E-state index in [0.29, 0.717) is 11.1 Å². The minimum atomic E-state index is -1.08. The Labute approximate surface area is 149 Å². The van der Waals surface area contributed by atoms with E-state index in [-0.39, 0.29) is 24.6 Å². The third kappa shape index (κ3) is 5.20. The molecule has 0 aromatic heterocycles. The van der Waals surface area contributed by atoms with Crippen LogP contribution in [0.2, 0.25) is 0 Å². The fourth-order valence-corrected chi connectivity index (χ4v) is 2.46. The van der Waals surface area contributed by atoms with E-state index in [1.54, 1.807) is 0 Å². The molecule has 2 aromatic rings. The van der Waals surface area contributed by atoms with Crippen molar-refractivity contribution in [2.75, 3.05) is 13.1 Å². The Bertz CT molecular complexity index is 680. The molecule has 0 aliphatic rings. The predicted molar refractivity (Wildman–Crippen MR) is 93.0 cm³/mol. The van der Waals surface area contributed by atoms with Gasteiger partial charge in [-0.3, -0.25) is 20.2 Å². The summed E-state index contributed by atoms with van der Waals surface area (Å²) < 4.78 is 0. The van der Waals surface area contributed by atoms with Crippen LogP contribution in [0.3, 0.4) is 0 Å². The van der Waals surface area contributed by atoms with Gasteiger partial charge < -0.3 is 20.4 Å². The molecule has 2 rings (SSSR count). The molecule has 0 radical (unpaired) electrons. The normalized spacial score (nSPS) is 13.1. The molecule has 26 heavy (non-hydrogen) atoms. The number of aromatic hydroxyl groups is 2. The number of carboxylic acid groups (broad SMARTS) is 2. The number of phenolic OH excluding ortho intramolecular Hbond substituents is 2. The highest BCUT2D eigenvalue weighted by Gasteiger charge is 2.21.